The molecule has 5 heteroatoms. The van der Waals surface area contributed by atoms with E-state index < -0.39 is 0 Å². The zero-order valence-electron chi connectivity index (χ0n) is 13.3. The molecule has 0 radical (unpaired) electrons. The lowest BCUT2D eigenvalue weighted by molar-refractivity contribution is -0.115. The summed E-state index contributed by atoms with van der Waals surface area (Å²) in [6.45, 7) is 2.34. The number of carbonyl (C=O) groups excluding carboxylic acids is 1. The first-order valence-corrected chi connectivity index (χ1v) is 9.49. The van der Waals surface area contributed by atoms with Gasteiger partial charge in [-0.05, 0) is 50.4 Å². The van der Waals surface area contributed by atoms with Gasteiger partial charge in [-0.3, -0.25) is 9.69 Å². The number of nitrogens with zero attached hydrogens (tertiary/aromatic N) is 1. The second-order valence-corrected chi connectivity index (χ2v) is 7.56. The minimum Gasteiger partial charge on any atom is -0.326 e. The van der Waals surface area contributed by atoms with Gasteiger partial charge in [0.05, 0.1) is 0 Å². The Hall–Kier alpha value is -0.770. The minimum atomic E-state index is -0.0226. The fraction of sp³-hybridized carbons (Fsp3) is 0.611. The van der Waals surface area contributed by atoms with E-state index in [1.54, 1.807) is 0 Å². The number of hydrogen-bond donors (Lipinski definition) is 1. The Kier molecular flexibility index (Phi) is 5.84. The van der Waals surface area contributed by atoms with Gasteiger partial charge >= 0.3 is 0 Å². The van der Waals surface area contributed by atoms with E-state index in [2.05, 4.69) is 22.3 Å². The lowest BCUT2D eigenvalue weighted by atomic mass is 9.91. The molecular formula is C18H24Cl2N2O. The first-order chi connectivity index (χ1) is 11.2. The molecule has 1 saturated carbocycles. The van der Waals surface area contributed by atoms with Crippen LogP contribution in [0, 0.1) is 0 Å². The van der Waals surface area contributed by atoms with Gasteiger partial charge in [-0.2, -0.15) is 0 Å². The number of benzene rings is 1. The molecule has 1 N–H and O–H groups in total. The Morgan fingerprint density at radius 3 is 2.70 bits per heavy atom. The third kappa shape index (κ3) is 4.01. The van der Waals surface area contributed by atoms with Crippen LogP contribution in [0.15, 0.2) is 24.3 Å². The molecule has 1 saturated heterocycles. The highest BCUT2D eigenvalue weighted by molar-refractivity contribution is 6.21. The van der Waals surface area contributed by atoms with Crippen LogP contribution in [0.5, 0.6) is 0 Å². The van der Waals surface area contributed by atoms with E-state index >= 15 is 0 Å². The van der Waals surface area contributed by atoms with Crippen molar-refractivity contribution in [3.63, 3.8) is 0 Å². The maximum atomic E-state index is 11.9. The SMILES string of the molecule is O=C(CCCl)Nc1ccccc1C1CC(Cl)CC1N1CCCC1. The van der Waals surface area contributed by atoms with E-state index in [0.717, 1.165) is 18.5 Å². The average molecular weight is 355 g/mol. The number of amides is 1. The molecule has 1 aliphatic heterocycles. The Morgan fingerprint density at radius 2 is 1.96 bits per heavy atom. The van der Waals surface area contributed by atoms with Crippen molar-refractivity contribution < 1.29 is 4.79 Å². The summed E-state index contributed by atoms with van der Waals surface area (Å²) >= 11 is 12.2. The van der Waals surface area contributed by atoms with E-state index in [0.29, 0.717) is 24.3 Å². The van der Waals surface area contributed by atoms with Gasteiger partial charge < -0.3 is 5.32 Å². The number of nitrogens with one attached hydrogen (secondary N) is 1. The summed E-state index contributed by atoms with van der Waals surface area (Å²) < 4.78 is 0. The van der Waals surface area contributed by atoms with Gasteiger partial charge in [-0.25, -0.2) is 0 Å². The topological polar surface area (TPSA) is 32.3 Å². The Labute approximate surface area is 148 Å². The van der Waals surface area contributed by atoms with Crippen LogP contribution in [-0.4, -0.2) is 41.2 Å². The number of hydrogen-bond acceptors (Lipinski definition) is 2. The molecule has 3 unspecified atom stereocenters. The molecule has 1 aromatic carbocycles. The van der Waals surface area contributed by atoms with Crippen LogP contribution >= 0.6 is 23.2 Å². The van der Waals surface area contributed by atoms with Crippen LogP contribution in [0.25, 0.3) is 0 Å². The van der Waals surface area contributed by atoms with Gasteiger partial charge in [0.2, 0.25) is 5.91 Å². The second kappa shape index (κ2) is 7.87. The Balaban J connectivity index is 1.82. The van der Waals surface area contributed by atoms with Crippen LogP contribution < -0.4 is 5.32 Å². The number of carbonyl (C=O) groups is 1. The lowest BCUT2D eigenvalue weighted by Crippen LogP contribution is -2.35. The van der Waals surface area contributed by atoms with Crippen molar-refractivity contribution in [1.29, 1.82) is 0 Å². The molecule has 1 aromatic rings. The molecular weight excluding hydrogens is 331 g/mol. The van der Waals surface area contributed by atoms with Gasteiger partial charge in [0.1, 0.15) is 0 Å². The summed E-state index contributed by atoms with van der Waals surface area (Å²) in [4.78, 5) is 14.5. The van der Waals surface area contributed by atoms with Crippen LogP contribution in [0.2, 0.25) is 0 Å². The third-order valence-electron chi connectivity index (χ3n) is 5.04. The van der Waals surface area contributed by atoms with E-state index in [-0.39, 0.29) is 11.3 Å². The molecule has 1 heterocycles. The summed E-state index contributed by atoms with van der Waals surface area (Å²) in [6.07, 6.45) is 4.92. The highest BCUT2D eigenvalue weighted by Gasteiger charge is 2.39. The maximum absolute atomic E-state index is 11.9. The molecule has 23 heavy (non-hydrogen) atoms. The molecule has 2 aliphatic rings. The smallest absolute Gasteiger partial charge is 0.225 e. The largest absolute Gasteiger partial charge is 0.326 e. The monoisotopic (exact) mass is 354 g/mol. The number of alkyl halides is 2. The molecule has 0 aromatic heterocycles. The molecule has 2 fully saturated rings. The average Bonchev–Trinajstić information content (AvgIpc) is 3.17. The molecule has 1 aliphatic carbocycles. The number of anilines is 1. The van der Waals surface area contributed by atoms with E-state index in [1.807, 2.05) is 12.1 Å². The number of likely N-dealkylation sites (tertiary alicyclic amines) is 1. The second-order valence-electron chi connectivity index (χ2n) is 6.56. The predicted molar refractivity (Wildman–Crippen MR) is 96.6 cm³/mol. The fourth-order valence-electron chi connectivity index (χ4n) is 4.00. The molecule has 3 rings (SSSR count). The first-order valence-electron chi connectivity index (χ1n) is 8.52. The summed E-state index contributed by atoms with van der Waals surface area (Å²) in [6, 6.07) is 8.64. The molecule has 0 bridgehead atoms. The predicted octanol–water partition coefficient (Wildman–Crippen LogP) is 4.20. The molecule has 3 atom stereocenters. The molecule has 126 valence electrons. The summed E-state index contributed by atoms with van der Waals surface area (Å²) in [5.41, 5.74) is 2.14. The molecule has 0 spiro atoms. The highest BCUT2D eigenvalue weighted by Crippen LogP contribution is 2.43. The zero-order chi connectivity index (χ0) is 16.2. The minimum absolute atomic E-state index is 0.0226. The van der Waals surface area contributed by atoms with Crippen molar-refractivity contribution in [3.05, 3.63) is 29.8 Å². The lowest BCUT2D eigenvalue weighted by Gasteiger charge is -2.30. The number of rotatable bonds is 5. The highest BCUT2D eigenvalue weighted by atomic mass is 35.5. The summed E-state index contributed by atoms with van der Waals surface area (Å²) in [5.74, 6) is 0.714. The Morgan fingerprint density at radius 1 is 1.22 bits per heavy atom. The number of para-hydroxylation sites is 1. The van der Waals surface area contributed by atoms with Gasteiger partial charge in [0, 0.05) is 35.3 Å². The van der Waals surface area contributed by atoms with Crippen LogP contribution in [0.3, 0.4) is 0 Å². The summed E-state index contributed by atoms with van der Waals surface area (Å²) in [5, 5.41) is 3.25. The zero-order valence-corrected chi connectivity index (χ0v) is 14.8. The van der Waals surface area contributed by atoms with Crippen molar-refractivity contribution in [2.24, 2.45) is 0 Å². The quantitative estimate of drug-likeness (QED) is 0.803. The molecule has 1 amide bonds. The normalized spacial score (nSPS) is 28.2. The van der Waals surface area contributed by atoms with Crippen LogP contribution in [0.1, 0.15) is 43.6 Å². The van der Waals surface area contributed by atoms with Crippen molar-refractivity contribution in [2.75, 3.05) is 24.3 Å². The van der Waals surface area contributed by atoms with E-state index in [4.69, 9.17) is 23.2 Å². The third-order valence-corrected chi connectivity index (χ3v) is 5.58. The van der Waals surface area contributed by atoms with Gasteiger partial charge in [-0.15, -0.1) is 23.2 Å². The van der Waals surface area contributed by atoms with Crippen molar-refractivity contribution in [2.45, 2.75) is 49.4 Å². The van der Waals surface area contributed by atoms with Gasteiger partial charge in [0.25, 0.3) is 0 Å². The van der Waals surface area contributed by atoms with E-state index in [1.165, 1.54) is 31.5 Å². The standard InChI is InChI=1S/C18H24Cl2N2O/c19-8-7-18(23)21-16-6-2-1-5-14(16)15-11-13(20)12-17(15)22-9-3-4-10-22/h1-2,5-6,13,15,17H,3-4,7-12H2,(H,21,23). The van der Waals surface area contributed by atoms with Gasteiger partial charge in [0.15, 0.2) is 0 Å². The number of halogens is 2. The van der Waals surface area contributed by atoms with Crippen LogP contribution in [0.4, 0.5) is 5.69 Å². The van der Waals surface area contributed by atoms with Crippen molar-refractivity contribution >= 4 is 34.8 Å². The fourth-order valence-corrected chi connectivity index (χ4v) is 4.55. The maximum Gasteiger partial charge on any atom is 0.225 e. The van der Waals surface area contributed by atoms with E-state index in [9.17, 15) is 4.79 Å². The molecule has 3 nitrogen and oxygen atoms in total. The van der Waals surface area contributed by atoms with Crippen molar-refractivity contribution in [3.8, 4) is 0 Å². The first kappa shape index (κ1) is 17.1. The van der Waals surface area contributed by atoms with Gasteiger partial charge in [-0.1, -0.05) is 18.2 Å². The summed E-state index contributed by atoms with van der Waals surface area (Å²) in [7, 11) is 0. The van der Waals surface area contributed by atoms with Crippen molar-refractivity contribution in [1.82, 2.24) is 4.90 Å². The Bertz CT molecular complexity index is 546. The van der Waals surface area contributed by atoms with Crippen LogP contribution in [-0.2, 0) is 4.79 Å².